The highest BCUT2D eigenvalue weighted by atomic mass is 16.4. The fourth-order valence-electron chi connectivity index (χ4n) is 3.01. The zero-order valence-electron chi connectivity index (χ0n) is 17.4. The predicted octanol–water partition coefficient (Wildman–Crippen LogP) is 0.831. The number of nitrogens with two attached hydrogens (primary N) is 3. The van der Waals surface area contributed by atoms with Gasteiger partial charge < -0.3 is 32.7 Å². The lowest BCUT2D eigenvalue weighted by atomic mass is 9.99. The second kappa shape index (κ2) is 10.8. The van der Waals surface area contributed by atoms with Crippen LogP contribution in [0.15, 0.2) is 30.8 Å². The molecule has 0 saturated carbocycles. The molecule has 1 aromatic carbocycles. The van der Waals surface area contributed by atoms with Gasteiger partial charge in [-0.25, -0.2) is 4.79 Å². The Balaban J connectivity index is 1.93. The monoisotopic (exact) mass is 442 g/mol. The zero-order valence-corrected chi connectivity index (χ0v) is 17.4. The van der Waals surface area contributed by atoms with E-state index in [-0.39, 0.29) is 36.1 Å². The molecule has 1 aromatic heterocycles. The van der Waals surface area contributed by atoms with E-state index in [2.05, 4.69) is 21.9 Å². The molecule has 11 nitrogen and oxygen atoms in total. The van der Waals surface area contributed by atoms with Gasteiger partial charge in [0, 0.05) is 12.0 Å². The summed E-state index contributed by atoms with van der Waals surface area (Å²) in [4.78, 5) is 42.0. The van der Waals surface area contributed by atoms with Crippen LogP contribution in [0.3, 0.4) is 0 Å². The lowest BCUT2D eigenvalue weighted by Crippen LogP contribution is -2.41. The van der Waals surface area contributed by atoms with E-state index in [1.807, 2.05) is 0 Å². The largest absolute Gasteiger partial charge is 0.493 e. The SMILES string of the molecule is C=C(CCCc1c(N)nc(N)nc1O)c1ccc(C(=O)N[C@@H](CCC(N)=O)C(=O)O)cc1. The van der Waals surface area contributed by atoms with E-state index in [0.29, 0.717) is 24.8 Å². The number of hydrogen-bond acceptors (Lipinski definition) is 8. The average molecular weight is 442 g/mol. The Labute approximate surface area is 184 Å². The van der Waals surface area contributed by atoms with Crippen LogP contribution >= 0.6 is 0 Å². The number of amides is 2. The number of carboxylic acid groups (broad SMARTS) is 1. The van der Waals surface area contributed by atoms with Crippen molar-refractivity contribution < 1.29 is 24.6 Å². The third-order valence-corrected chi connectivity index (χ3v) is 4.78. The smallest absolute Gasteiger partial charge is 0.326 e. The second-order valence-electron chi connectivity index (χ2n) is 7.17. The van der Waals surface area contributed by atoms with Crippen molar-refractivity contribution in [3.63, 3.8) is 0 Å². The van der Waals surface area contributed by atoms with Crippen LogP contribution < -0.4 is 22.5 Å². The van der Waals surface area contributed by atoms with Crippen molar-refractivity contribution in [2.45, 2.75) is 38.1 Å². The maximum Gasteiger partial charge on any atom is 0.326 e. The van der Waals surface area contributed by atoms with Gasteiger partial charge in [0.25, 0.3) is 5.91 Å². The lowest BCUT2D eigenvalue weighted by Gasteiger charge is -2.14. The number of nitrogens with one attached hydrogen (secondary N) is 1. The first-order valence-electron chi connectivity index (χ1n) is 9.79. The molecule has 0 spiro atoms. The number of carbonyl (C=O) groups is 3. The van der Waals surface area contributed by atoms with Gasteiger partial charge in [-0.2, -0.15) is 9.97 Å². The summed E-state index contributed by atoms with van der Waals surface area (Å²) in [5, 5.41) is 21.4. The quantitative estimate of drug-likeness (QED) is 0.291. The molecule has 170 valence electrons. The number of anilines is 2. The Morgan fingerprint density at radius 2 is 1.69 bits per heavy atom. The van der Waals surface area contributed by atoms with E-state index in [1.165, 1.54) is 0 Å². The highest BCUT2D eigenvalue weighted by Crippen LogP contribution is 2.25. The molecule has 2 rings (SSSR count). The van der Waals surface area contributed by atoms with Gasteiger partial charge in [0.05, 0.1) is 5.56 Å². The maximum absolute atomic E-state index is 12.3. The molecule has 1 heterocycles. The highest BCUT2D eigenvalue weighted by molar-refractivity contribution is 5.97. The topological polar surface area (TPSA) is 208 Å². The van der Waals surface area contributed by atoms with E-state index in [9.17, 15) is 24.6 Å². The van der Waals surface area contributed by atoms with Crippen molar-refractivity contribution >= 4 is 35.1 Å². The number of aliphatic carboxylic acids is 1. The summed E-state index contributed by atoms with van der Waals surface area (Å²) in [5.41, 5.74) is 18.5. The molecular weight excluding hydrogens is 416 g/mol. The summed E-state index contributed by atoms with van der Waals surface area (Å²) < 4.78 is 0. The number of benzene rings is 1. The molecule has 0 aliphatic carbocycles. The maximum atomic E-state index is 12.3. The molecule has 11 heteroatoms. The van der Waals surface area contributed by atoms with E-state index in [1.54, 1.807) is 24.3 Å². The minimum absolute atomic E-state index is 0.0928. The van der Waals surface area contributed by atoms with Crippen molar-refractivity contribution in [1.82, 2.24) is 15.3 Å². The second-order valence-corrected chi connectivity index (χ2v) is 7.17. The van der Waals surface area contributed by atoms with Crippen LogP contribution in [-0.4, -0.2) is 44.0 Å². The lowest BCUT2D eigenvalue weighted by molar-refractivity contribution is -0.139. The summed E-state index contributed by atoms with van der Waals surface area (Å²) >= 11 is 0. The van der Waals surface area contributed by atoms with E-state index in [0.717, 1.165) is 11.1 Å². The van der Waals surface area contributed by atoms with E-state index in [4.69, 9.17) is 17.2 Å². The van der Waals surface area contributed by atoms with Crippen LogP contribution in [0.4, 0.5) is 11.8 Å². The Kier molecular flexibility index (Phi) is 8.11. The number of primary amides is 1. The van der Waals surface area contributed by atoms with Gasteiger partial charge in [0.1, 0.15) is 11.9 Å². The summed E-state index contributed by atoms with van der Waals surface area (Å²) in [6, 6.07) is 5.30. The minimum atomic E-state index is -1.25. The molecule has 2 aromatic rings. The van der Waals surface area contributed by atoms with Crippen LogP contribution in [-0.2, 0) is 16.0 Å². The minimum Gasteiger partial charge on any atom is -0.493 e. The molecular formula is C21H26N6O5. The van der Waals surface area contributed by atoms with Gasteiger partial charge in [-0.3, -0.25) is 9.59 Å². The molecule has 0 bridgehead atoms. The van der Waals surface area contributed by atoms with Crippen molar-refractivity contribution in [3.8, 4) is 5.88 Å². The predicted molar refractivity (Wildman–Crippen MR) is 118 cm³/mol. The summed E-state index contributed by atoms with van der Waals surface area (Å²) in [6.07, 6.45) is 1.39. The summed E-state index contributed by atoms with van der Waals surface area (Å²) in [7, 11) is 0. The third kappa shape index (κ3) is 6.69. The number of rotatable bonds is 11. The molecule has 1 atom stereocenters. The number of carbonyl (C=O) groups excluding carboxylic acids is 2. The molecule has 0 saturated heterocycles. The van der Waals surface area contributed by atoms with E-state index >= 15 is 0 Å². The summed E-state index contributed by atoms with van der Waals surface area (Å²) in [6.45, 7) is 4.04. The number of aromatic hydroxyl groups is 1. The Morgan fingerprint density at radius 1 is 1.06 bits per heavy atom. The Bertz CT molecular complexity index is 999. The number of aromatic nitrogens is 2. The van der Waals surface area contributed by atoms with Crippen LogP contribution in [0.1, 0.15) is 47.2 Å². The number of nitrogen functional groups attached to an aromatic ring is 2. The van der Waals surface area contributed by atoms with Crippen LogP contribution in [0, 0.1) is 0 Å². The molecule has 0 radical (unpaired) electrons. The number of allylic oxidation sites excluding steroid dienone is 1. The molecule has 9 N–H and O–H groups in total. The highest BCUT2D eigenvalue weighted by Gasteiger charge is 2.21. The molecule has 0 unspecified atom stereocenters. The van der Waals surface area contributed by atoms with Crippen LogP contribution in [0.25, 0.3) is 5.57 Å². The zero-order chi connectivity index (χ0) is 23.8. The molecule has 0 aliphatic heterocycles. The van der Waals surface area contributed by atoms with Crippen molar-refractivity contribution in [3.05, 3.63) is 47.5 Å². The van der Waals surface area contributed by atoms with Gasteiger partial charge >= 0.3 is 5.97 Å². The van der Waals surface area contributed by atoms with Gasteiger partial charge in [0.15, 0.2) is 0 Å². The fraction of sp³-hybridized carbons (Fsp3) is 0.286. The number of carboxylic acids is 1. The van der Waals surface area contributed by atoms with Crippen LogP contribution in [0.5, 0.6) is 5.88 Å². The Morgan fingerprint density at radius 3 is 2.25 bits per heavy atom. The van der Waals surface area contributed by atoms with Gasteiger partial charge in [-0.05, 0) is 49.0 Å². The molecule has 0 aliphatic rings. The van der Waals surface area contributed by atoms with Crippen molar-refractivity contribution in [2.24, 2.45) is 5.73 Å². The normalized spacial score (nSPS) is 11.5. The van der Waals surface area contributed by atoms with Gasteiger partial charge in [0.2, 0.25) is 17.7 Å². The van der Waals surface area contributed by atoms with Crippen molar-refractivity contribution in [1.29, 1.82) is 0 Å². The third-order valence-electron chi connectivity index (χ3n) is 4.78. The molecule has 2 amide bonds. The van der Waals surface area contributed by atoms with Gasteiger partial charge in [-0.1, -0.05) is 18.7 Å². The number of hydrogen-bond donors (Lipinski definition) is 6. The number of nitrogens with zero attached hydrogens (tertiary/aromatic N) is 2. The standard InChI is InChI=1S/C21H26N6O5/c1-11(3-2-4-14-17(23)26-21(24)27-19(14)30)12-5-7-13(8-6-12)18(29)25-15(20(31)32)9-10-16(22)28/h5-8,15H,1-4,9-10H2,(H2,22,28)(H,25,29)(H,31,32)(H5,23,24,26,27,30)/t15-/m0/s1. The van der Waals surface area contributed by atoms with E-state index < -0.39 is 23.8 Å². The Hall–Kier alpha value is -4.15. The van der Waals surface area contributed by atoms with Crippen molar-refractivity contribution in [2.75, 3.05) is 11.5 Å². The van der Waals surface area contributed by atoms with Crippen LogP contribution in [0.2, 0.25) is 0 Å². The fourth-order valence-corrected chi connectivity index (χ4v) is 3.01. The average Bonchev–Trinajstić information content (AvgIpc) is 2.72. The van der Waals surface area contributed by atoms with Gasteiger partial charge in [-0.15, -0.1) is 0 Å². The first kappa shape index (κ1) is 24.1. The first-order chi connectivity index (χ1) is 15.1. The molecule has 0 fully saturated rings. The molecule has 32 heavy (non-hydrogen) atoms. The first-order valence-corrected chi connectivity index (χ1v) is 9.79. The summed E-state index contributed by atoms with van der Waals surface area (Å²) in [5.74, 6) is -2.68.